The van der Waals surface area contributed by atoms with E-state index in [9.17, 15) is 9.59 Å². The van der Waals surface area contributed by atoms with Crippen molar-refractivity contribution in [3.63, 3.8) is 0 Å². The third kappa shape index (κ3) is 3.70. The van der Waals surface area contributed by atoms with Gasteiger partial charge in [-0.25, -0.2) is 0 Å². The van der Waals surface area contributed by atoms with E-state index in [2.05, 4.69) is 10.1 Å². The number of carbonyl (C=O) groups excluding carboxylic acids is 2. The maximum atomic E-state index is 11.9. The number of amides is 1. The molecule has 98 valence electrons. The molecule has 1 N–H and O–H groups in total. The summed E-state index contributed by atoms with van der Waals surface area (Å²) >= 11 is 0. The Bertz CT molecular complexity index is 282. The van der Waals surface area contributed by atoms with Crippen LogP contribution in [0.4, 0.5) is 0 Å². The van der Waals surface area contributed by atoms with E-state index in [-0.39, 0.29) is 5.91 Å². The molecular formula is C12H21NO4. The monoisotopic (exact) mass is 243 g/mol. The molecule has 5 nitrogen and oxygen atoms in total. The second kappa shape index (κ2) is 6.00. The molecule has 5 heteroatoms. The largest absolute Gasteiger partial charge is 0.468 e. The van der Waals surface area contributed by atoms with Gasteiger partial charge in [-0.15, -0.1) is 0 Å². The second-order valence-electron chi connectivity index (χ2n) is 4.88. The minimum atomic E-state index is -1.13. The number of ether oxygens (including phenoxy) is 2. The highest BCUT2D eigenvalue weighted by Crippen LogP contribution is 2.18. The Balaban J connectivity index is 2.40. The van der Waals surface area contributed by atoms with Gasteiger partial charge in [0.05, 0.1) is 7.11 Å². The van der Waals surface area contributed by atoms with Crippen molar-refractivity contribution in [3.05, 3.63) is 0 Å². The van der Waals surface area contributed by atoms with Crippen LogP contribution in [-0.4, -0.2) is 38.7 Å². The molecule has 0 unspecified atom stereocenters. The summed E-state index contributed by atoms with van der Waals surface area (Å²) in [6.45, 7) is 5.24. The van der Waals surface area contributed by atoms with Crippen LogP contribution in [-0.2, 0) is 19.1 Å². The van der Waals surface area contributed by atoms with Crippen molar-refractivity contribution >= 4 is 11.9 Å². The predicted octanol–water partition coefficient (Wildman–Crippen LogP) is 0.728. The lowest BCUT2D eigenvalue weighted by Crippen LogP contribution is -2.45. The van der Waals surface area contributed by atoms with Crippen LogP contribution in [0.25, 0.3) is 0 Å². The number of esters is 1. The molecule has 0 saturated carbocycles. The maximum Gasteiger partial charge on any atom is 0.320 e. The van der Waals surface area contributed by atoms with Gasteiger partial charge in [0, 0.05) is 19.8 Å². The van der Waals surface area contributed by atoms with Gasteiger partial charge in [-0.05, 0) is 32.6 Å². The second-order valence-corrected chi connectivity index (χ2v) is 4.88. The van der Waals surface area contributed by atoms with Crippen LogP contribution in [0, 0.1) is 11.3 Å². The molecule has 1 amide bonds. The normalized spacial score (nSPS) is 17.6. The van der Waals surface area contributed by atoms with E-state index < -0.39 is 11.4 Å². The Labute approximate surface area is 102 Å². The van der Waals surface area contributed by atoms with Crippen molar-refractivity contribution in [2.24, 2.45) is 11.3 Å². The van der Waals surface area contributed by atoms with Gasteiger partial charge < -0.3 is 14.8 Å². The summed E-state index contributed by atoms with van der Waals surface area (Å²) in [5.74, 6) is -0.348. The zero-order valence-electron chi connectivity index (χ0n) is 10.7. The number of hydrogen-bond acceptors (Lipinski definition) is 4. The average molecular weight is 243 g/mol. The molecule has 0 aromatic carbocycles. The Morgan fingerprint density at radius 2 is 1.94 bits per heavy atom. The molecule has 1 fully saturated rings. The quantitative estimate of drug-likeness (QED) is 0.584. The first kappa shape index (κ1) is 14.0. The maximum absolute atomic E-state index is 11.9. The zero-order valence-corrected chi connectivity index (χ0v) is 10.7. The molecule has 1 heterocycles. The molecule has 0 bridgehead atoms. The van der Waals surface area contributed by atoms with E-state index >= 15 is 0 Å². The van der Waals surface area contributed by atoms with E-state index in [0.717, 1.165) is 26.1 Å². The summed E-state index contributed by atoms with van der Waals surface area (Å²) in [4.78, 5) is 23.3. The van der Waals surface area contributed by atoms with Crippen LogP contribution in [0.3, 0.4) is 0 Å². The molecule has 0 radical (unpaired) electrons. The lowest BCUT2D eigenvalue weighted by molar-refractivity contribution is -0.156. The lowest BCUT2D eigenvalue weighted by atomic mass is 9.92. The lowest BCUT2D eigenvalue weighted by Gasteiger charge is -2.25. The van der Waals surface area contributed by atoms with Crippen molar-refractivity contribution in [2.75, 3.05) is 26.9 Å². The topological polar surface area (TPSA) is 64.6 Å². The third-order valence-electron chi connectivity index (χ3n) is 3.16. The summed E-state index contributed by atoms with van der Waals surface area (Å²) in [6.07, 6.45) is 1.91. The first-order valence-electron chi connectivity index (χ1n) is 5.93. The fourth-order valence-electron chi connectivity index (χ4n) is 1.76. The van der Waals surface area contributed by atoms with Crippen molar-refractivity contribution in [2.45, 2.75) is 26.7 Å². The standard InChI is InChI=1S/C12H21NO4/c1-12(2,11(15)16-3)10(14)13-8-9-4-6-17-7-5-9/h9H,4-8H2,1-3H3,(H,13,14). The van der Waals surface area contributed by atoms with E-state index in [4.69, 9.17) is 4.74 Å². The Hall–Kier alpha value is -1.10. The van der Waals surface area contributed by atoms with Gasteiger partial charge in [0.1, 0.15) is 5.41 Å². The minimum absolute atomic E-state index is 0.282. The van der Waals surface area contributed by atoms with Crippen LogP contribution in [0.1, 0.15) is 26.7 Å². The van der Waals surface area contributed by atoms with Crippen molar-refractivity contribution in [3.8, 4) is 0 Å². The van der Waals surface area contributed by atoms with Crippen LogP contribution in [0.15, 0.2) is 0 Å². The fourth-order valence-corrected chi connectivity index (χ4v) is 1.76. The van der Waals surface area contributed by atoms with E-state index in [1.807, 2.05) is 0 Å². The Kier molecular flexibility index (Phi) is 4.93. The van der Waals surface area contributed by atoms with Crippen LogP contribution in [0.5, 0.6) is 0 Å². The summed E-state index contributed by atoms with van der Waals surface area (Å²) in [6, 6.07) is 0. The van der Waals surface area contributed by atoms with Crippen LogP contribution in [0.2, 0.25) is 0 Å². The summed E-state index contributed by atoms with van der Waals surface area (Å²) in [5, 5.41) is 2.81. The van der Waals surface area contributed by atoms with Gasteiger partial charge in [-0.1, -0.05) is 0 Å². The van der Waals surface area contributed by atoms with Gasteiger partial charge in [0.2, 0.25) is 5.91 Å². The van der Waals surface area contributed by atoms with Crippen molar-refractivity contribution in [1.82, 2.24) is 5.32 Å². The molecule has 0 spiro atoms. The molecule has 1 saturated heterocycles. The van der Waals surface area contributed by atoms with Crippen LogP contribution < -0.4 is 5.32 Å². The van der Waals surface area contributed by atoms with Crippen LogP contribution >= 0.6 is 0 Å². The highest BCUT2D eigenvalue weighted by molar-refractivity contribution is 6.01. The fraction of sp³-hybridized carbons (Fsp3) is 0.833. The number of rotatable bonds is 4. The van der Waals surface area contributed by atoms with Gasteiger partial charge in [-0.2, -0.15) is 0 Å². The Morgan fingerprint density at radius 1 is 1.35 bits per heavy atom. The number of nitrogens with one attached hydrogen (secondary N) is 1. The van der Waals surface area contributed by atoms with Crippen molar-refractivity contribution in [1.29, 1.82) is 0 Å². The SMILES string of the molecule is COC(=O)C(C)(C)C(=O)NCC1CCOCC1. The molecule has 17 heavy (non-hydrogen) atoms. The molecule has 1 aliphatic heterocycles. The molecular weight excluding hydrogens is 222 g/mol. The highest BCUT2D eigenvalue weighted by Gasteiger charge is 2.37. The van der Waals surface area contributed by atoms with Gasteiger partial charge in [0.15, 0.2) is 0 Å². The van der Waals surface area contributed by atoms with E-state index in [1.54, 1.807) is 13.8 Å². The summed E-state index contributed by atoms with van der Waals surface area (Å²) in [7, 11) is 1.29. The molecule has 0 aliphatic carbocycles. The predicted molar refractivity (Wildman–Crippen MR) is 62.3 cm³/mol. The molecule has 1 rings (SSSR count). The van der Waals surface area contributed by atoms with Gasteiger partial charge in [-0.3, -0.25) is 9.59 Å². The van der Waals surface area contributed by atoms with Gasteiger partial charge >= 0.3 is 5.97 Å². The molecule has 0 atom stereocenters. The summed E-state index contributed by atoms with van der Waals surface area (Å²) < 4.78 is 9.85. The minimum Gasteiger partial charge on any atom is -0.468 e. The first-order valence-corrected chi connectivity index (χ1v) is 5.93. The third-order valence-corrected chi connectivity index (χ3v) is 3.16. The van der Waals surface area contributed by atoms with Gasteiger partial charge in [0.25, 0.3) is 0 Å². The highest BCUT2D eigenvalue weighted by atomic mass is 16.5. The van der Waals surface area contributed by atoms with E-state index in [1.165, 1.54) is 7.11 Å². The molecule has 0 aromatic rings. The molecule has 1 aliphatic rings. The average Bonchev–Trinajstić information content (AvgIpc) is 2.35. The Morgan fingerprint density at radius 3 is 2.47 bits per heavy atom. The zero-order chi connectivity index (χ0) is 12.9. The van der Waals surface area contributed by atoms with Crippen molar-refractivity contribution < 1.29 is 19.1 Å². The number of carbonyl (C=O) groups is 2. The van der Waals surface area contributed by atoms with E-state index in [0.29, 0.717) is 12.5 Å². The first-order chi connectivity index (χ1) is 7.98. The smallest absolute Gasteiger partial charge is 0.320 e. The number of methoxy groups -OCH3 is 1. The molecule has 0 aromatic heterocycles. The number of hydrogen-bond donors (Lipinski definition) is 1. The summed E-state index contributed by atoms with van der Waals surface area (Å²) in [5.41, 5.74) is -1.13.